The van der Waals surface area contributed by atoms with Gasteiger partial charge < -0.3 is 16.0 Å². The number of rotatable bonds is 6. The molecule has 2 rings (SSSR count). The van der Waals surface area contributed by atoms with Gasteiger partial charge in [-0.05, 0) is 36.6 Å². The molecule has 140 valence electrons. The first kappa shape index (κ1) is 19.7. The Morgan fingerprint density at radius 3 is 2.44 bits per heavy atom. The Morgan fingerprint density at radius 1 is 1.16 bits per heavy atom. The van der Waals surface area contributed by atoms with Gasteiger partial charge in [-0.1, -0.05) is 39.8 Å². The molecule has 1 aromatic rings. The van der Waals surface area contributed by atoms with Crippen LogP contribution in [0.4, 0.5) is 5.69 Å². The van der Waals surface area contributed by atoms with Crippen molar-refractivity contribution >= 4 is 11.6 Å². The Kier molecular flexibility index (Phi) is 7.26. The van der Waals surface area contributed by atoms with Crippen LogP contribution in [0.25, 0.3) is 0 Å². The van der Waals surface area contributed by atoms with Crippen molar-refractivity contribution in [3.05, 3.63) is 29.8 Å². The Balaban J connectivity index is 1.96. The van der Waals surface area contributed by atoms with Crippen molar-refractivity contribution in [3.8, 4) is 0 Å². The largest absolute Gasteiger partial charge is 0.370 e. The van der Waals surface area contributed by atoms with E-state index in [1.165, 1.54) is 5.56 Å². The first-order chi connectivity index (χ1) is 11.9. The van der Waals surface area contributed by atoms with Crippen LogP contribution in [0.3, 0.4) is 0 Å². The van der Waals surface area contributed by atoms with Crippen molar-refractivity contribution in [3.63, 3.8) is 0 Å². The number of benzene rings is 1. The van der Waals surface area contributed by atoms with Crippen LogP contribution >= 0.6 is 0 Å². The van der Waals surface area contributed by atoms with Crippen LogP contribution in [0, 0.1) is 5.92 Å². The van der Waals surface area contributed by atoms with Crippen molar-refractivity contribution in [1.82, 2.24) is 9.80 Å². The number of guanidine groups is 1. The summed E-state index contributed by atoms with van der Waals surface area (Å²) in [5.41, 5.74) is 8.45. The molecule has 1 fully saturated rings. The molecule has 1 aliphatic heterocycles. The highest BCUT2D eigenvalue weighted by Gasteiger charge is 2.24. The number of piperazine rings is 1. The number of nitrogens with two attached hydrogens (primary N) is 1. The van der Waals surface area contributed by atoms with Gasteiger partial charge in [-0.25, -0.2) is 0 Å². The summed E-state index contributed by atoms with van der Waals surface area (Å²) in [4.78, 5) is 9.58. The highest BCUT2D eigenvalue weighted by Crippen LogP contribution is 2.18. The molecule has 5 heteroatoms. The summed E-state index contributed by atoms with van der Waals surface area (Å²) < 4.78 is 0. The van der Waals surface area contributed by atoms with E-state index >= 15 is 0 Å². The fourth-order valence-corrected chi connectivity index (χ4v) is 3.26. The van der Waals surface area contributed by atoms with Crippen LogP contribution in [0.5, 0.6) is 0 Å². The quantitative estimate of drug-likeness (QED) is 0.615. The van der Waals surface area contributed by atoms with Gasteiger partial charge in [-0.3, -0.25) is 9.89 Å². The number of hydrogen-bond donors (Lipinski definition) is 2. The zero-order chi connectivity index (χ0) is 18.4. The number of nitrogens with one attached hydrogen (secondary N) is 1. The van der Waals surface area contributed by atoms with Gasteiger partial charge in [0.25, 0.3) is 0 Å². The monoisotopic (exact) mass is 345 g/mol. The van der Waals surface area contributed by atoms with Crippen molar-refractivity contribution in [2.45, 2.75) is 39.7 Å². The lowest BCUT2D eigenvalue weighted by molar-refractivity contribution is 0.0926. The second kappa shape index (κ2) is 9.20. The molecular formula is C20H35N5. The highest BCUT2D eigenvalue weighted by molar-refractivity contribution is 5.92. The summed E-state index contributed by atoms with van der Waals surface area (Å²) in [6.07, 6.45) is 0. The van der Waals surface area contributed by atoms with Crippen molar-refractivity contribution in [1.29, 1.82) is 0 Å². The summed E-state index contributed by atoms with van der Waals surface area (Å²) in [6, 6.07) is 8.83. The lowest BCUT2D eigenvalue weighted by atomic mass is 10.0. The maximum atomic E-state index is 6.14. The van der Waals surface area contributed by atoms with Gasteiger partial charge in [0.1, 0.15) is 0 Å². The molecule has 0 aromatic heterocycles. The smallest absolute Gasteiger partial charge is 0.193 e. The predicted molar refractivity (Wildman–Crippen MR) is 108 cm³/mol. The van der Waals surface area contributed by atoms with E-state index in [9.17, 15) is 0 Å². The molecule has 25 heavy (non-hydrogen) atoms. The molecule has 0 bridgehead atoms. The molecule has 1 saturated heterocycles. The maximum absolute atomic E-state index is 6.14. The van der Waals surface area contributed by atoms with Gasteiger partial charge in [0.2, 0.25) is 0 Å². The molecule has 1 heterocycles. The Morgan fingerprint density at radius 2 is 1.84 bits per heavy atom. The summed E-state index contributed by atoms with van der Waals surface area (Å²) in [5.74, 6) is 1.56. The van der Waals surface area contributed by atoms with Gasteiger partial charge in [0.05, 0.1) is 6.54 Å². The summed E-state index contributed by atoms with van der Waals surface area (Å²) in [7, 11) is 2.19. The third kappa shape index (κ3) is 6.01. The first-order valence-electron chi connectivity index (χ1n) is 9.46. The van der Waals surface area contributed by atoms with Crippen LogP contribution in [-0.4, -0.2) is 61.6 Å². The van der Waals surface area contributed by atoms with E-state index < -0.39 is 0 Å². The van der Waals surface area contributed by atoms with Gasteiger partial charge in [0.15, 0.2) is 5.96 Å². The standard InChI is InChI=1S/C20H35N5/c1-15(2)17-7-6-8-18(13-17)23-20(21)22-14-19(16(3)4)25-11-9-24(5)10-12-25/h6-8,13,15-16,19H,9-12,14H2,1-5H3,(H3,21,22,23). The summed E-state index contributed by atoms with van der Waals surface area (Å²) in [6.45, 7) is 14.1. The van der Waals surface area contributed by atoms with Crippen LogP contribution < -0.4 is 11.1 Å². The second-order valence-corrected chi connectivity index (χ2v) is 7.78. The second-order valence-electron chi connectivity index (χ2n) is 7.78. The van der Waals surface area contributed by atoms with E-state index in [1.807, 2.05) is 6.07 Å². The van der Waals surface area contributed by atoms with E-state index in [4.69, 9.17) is 5.73 Å². The average Bonchev–Trinajstić information content (AvgIpc) is 2.56. The Hall–Kier alpha value is -1.59. The molecule has 0 radical (unpaired) electrons. The number of anilines is 1. The minimum Gasteiger partial charge on any atom is -0.370 e. The fourth-order valence-electron chi connectivity index (χ4n) is 3.26. The molecule has 1 unspecified atom stereocenters. The SMILES string of the molecule is CC(C)c1cccc(NC(N)=NCC(C(C)C)N2CCN(C)CC2)c1. The van der Waals surface area contributed by atoms with E-state index in [0.29, 0.717) is 23.8 Å². The lowest BCUT2D eigenvalue weighted by Gasteiger charge is -2.39. The van der Waals surface area contributed by atoms with E-state index in [2.05, 4.69) is 73.1 Å². The zero-order valence-corrected chi connectivity index (χ0v) is 16.5. The molecule has 0 aliphatic carbocycles. The molecule has 1 aromatic carbocycles. The van der Waals surface area contributed by atoms with Crippen molar-refractivity contribution < 1.29 is 0 Å². The Labute approximate surface area is 153 Å². The van der Waals surface area contributed by atoms with E-state index in [-0.39, 0.29) is 0 Å². The number of aliphatic imine (C=N–C) groups is 1. The molecule has 1 atom stereocenters. The number of likely N-dealkylation sites (N-methyl/N-ethyl adjacent to an activating group) is 1. The third-order valence-corrected chi connectivity index (χ3v) is 5.05. The van der Waals surface area contributed by atoms with Crippen molar-refractivity contribution in [2.75, 3.05) is 45.1 Å². The van der Waals surface area contributed by atoms with Crippen LogP contribution in [0.15, 0.2) is 29.3 Å². The molecule has 3 N–H and O–H groups in total. The highest BCUT2D eigenvalue weighted by atomic mass is 15.3. The summed E-state index contributed by atoms with van der Waals surface area (Å²) in [5, 5.41) is 3.24. The zero-order valence-electron chi connectivity index (χ0n) is 16.5. The summed E-state index contributed by atoms with van der Waals surface area (Å²) >= 11 is 0. The predicted octanol–water partition coefficient (Wildman–Crippen LogP) is 2.81. The minimum atomic E-state index is 0.441. The molecule has 0 spiro atoms. The number of hydrogen-bond acceptors (Lipinski definition) is 3. The maximum Gasteiger partial charge on any atom is 0.193 e. The lowest BCUT2D eigenvalue weighted by Crippen LogP contribution is -2.51. The van der Waals surface area contributed by atoms with Gasteiger partial charge in [0, 0.05) is 37.9 Å². The van der Waals surface area contributed by atoms with Crippen molar-refractivity contribution in [2.24, 2.45) is 16.6 Å². The average molecular weight is 346 g/mol. The van der Waals surface area contributed by atoms with E-state index in [1.54, 1.807) is 0 Å². The minimum absolute atomic E-state index is 0.441. The van der Waals surface area contributed by atoms with Crippen LogP contribution in [0.1, 0.15) is 39.2 Å². The fraction of sp³-hybridized carbons (Fsp3) is 0.650. The Bertz CT molecular complexity index is 559. The van der Waals surface area contributed by atoms with Crippen LogP contribution in [-0.2, 0) is 0 Å². The van der Waals surface area contributed by atoms with Gasteiger partial charge in [-0.2, -0.15) is 0 Å². The third-order valence-electron chi connectivity index (χ3n) is 5.05. The topological polar surface area (TPSA) is 56.9 Å². The molecular weight excluding hydrogens is 310 g/mol. The number of nitrogens with zero attached hydrogens (tertiary/aromatic N) is 3. The normalized spacial score (nSPS) is 18.8. The first-order valence-corrected chi connectivity index (χ1v) is 9.46. The van der Waals surface area contributed by atoms with Crippen LogP contribution in [0.2, 0.25) is 0 Å². The molecule has 0 amide bonds. The molecule has 0 saturated carbocycles. The van der Waals surface area contributed by atoms with Gasteiger partial charge >= 0.3 is 0 Å². The molecule has 1 aliphatic rings. The van der Waals surface area contributed by atoms with Gasteiger partial charge in [-0.15, -0.1) is 0 Å². The molecule has 5 nitrogen and oxygen atoms in total. The van der Waals surface area contributed by atoms with E-state index in [0.717, 1.165) is 38.4 Å².